The molecule has 7 nitrogen and oxygen atoms in total. The largest absolute Gasteiger partial charge is 0.478 e. The summed E-state index contributed by atoms with van der Waals surface area (Å²) in [5, 5.41) is 9.45. The Morgan fingerprint density at radius 1 is 0.935 bits per heavy atom. The van der Waals surface area contributed by atoms with Gasteiger partial charge in [0.25, 0.3) is 0 Å². The van der Waals surface area contributed by atoms with Crippen LogP contribution in [-0.2, 0) is 21.4 Å². The number of benzene rings is 3. The van der Waals surface area contributed by atoms with Crippen molar-refractivity contribution in [1.29, 1.82) is 0 Å². The summed E-state index contributed by atoms with van der Waals surface area (Å²) in [6.07, 6.45) is 0. The van der Waals surface area contributed by atoms with Crippen LogP contribution < -0.4 is 5.73 Å². The molecule has 3 aromatic carbocycles. The first-order valence-corrected chi connectivity index (χ1v) is 11.0. The molecule has 3 aromatic rings. The topological polar surface area (TPSA) is 118 Å². The fourth-order valence-corrected chi connectivity index (χ4v) is 4.80. The van der Waals surface area contributed by atoms with Gasteiger partial charge in [0, 0.05) is 11.6 Å². The maximum absolute atomic E-state index is 13.5. The molecular weight excluding hydrogens is 440 g/mol. The molecule has 3 rings (SSSR count). The summed E-state index contributed by atoms with van der Waals surface area (Å²) < 4.78 is 28.1. The molecule has 0 aliphatic rings. The number of nitrogens with two attached hydrogens (primary N) is 1. The van der Waals surface area contributed by atoms with Crippen LogP contribution in [0.25, 0.3) is 0 Å². The predicted molar refractivity (Wildman–Crippen MR) is 116 cm³/mol. The lowest BCUT2D eigenvalue weighted by Crippen LogP contribution is -2.41. The molecule has 0 heterocycles. The van der Waals surface area contributed by atoms with Crippen molar-refractivity contribution in [3.05, 3.63) is 101 Å². The Kier molecular flexibility index (Phi) is 6.74. The highest BCUT2D eigenvalue weighted by molar-refractivity contribution is 7.89. The molecule has 31 heavy (non-hydrogen) atoms. The van der Waals surface area contributed by atoms with Crippen LogP contribution in [0.5, 0.6) is 0 Å². The molecule has 0 fully saturated rings. The number of carboxylic acids is 1. The van der Waals surface area contributed by atoms with Gasteiger partial charge in [-0.25, -0.2) is 13.2 Å². The number of amides is 1. The van der Waals surface area contributed by atoms with E-state index in [9.17, 15) is 18.0 Å². The second-order valence-electron chi connectivity index (χ2n) is 6.72. The van der Waals surface area contributed by atoms with E-state index in [4.69, 9.17) is 22.4 Å². The van der Waals surface area contributed by atoms with Gasteiger partial charge in [0.15, 0.2) is 0 Å². The molecule has 1 amide bonds. The second-order valence-corrected chi connectivity index (χ2v) is 9.05. The molecule has 0 aliphatic heterocycles. The standard InChI is InChI=1S/C22H19ClN2O5S/c23-18-10-12-19(13-11-18)31(29,30)25(14-15-6-8-17(9-7-15)22(27)28)20(21(24)26)16-4-2-1-3-5-16/h1-13,20H,14H2,(H2,24,26)(H,27,28). The number of carbonyl (C=O) groups excluding carboxylic acids is 1. The first-order chi connectivity index (χ1) is 14.7. The van der Waals surface area contributed by atoms with E-state index in [1.165, 1.54) is 48.5 Å². The smallest absolute Gasteiger partial charge is 0.335 e. The number of rotatable bonds is 8. The Morgan fingerprint density at radius 3 is 2.03 bits per heavy atom. The van der Waals surface area contributed by atoms with Crippen molar-refractivity contribution in [3.8, 4) is 0 Å². The molecule has 0 radical (unpaired) electrons. The molecule has 0 aromatic heterocycles. The number of halogens is 1. The Morgan fingerprint density at radius 2 is 1.52 bits per heavy atom. The van der Waals surface area contributed by atoms with Crippen LogP contribution in [0, 0.1) is 0 Å². The van der Waals surface area contributed by atoms with Crippen LogP contribution >= 0.6 is 11.6 Å². The highest BCUT2D eigenvalue weighted by Crippen LogP contribution is 2.30. The molecule has 0 bridgehead atoms. The van der Waals surface area contributed by atoms with E-state index in [1.54, 1.807) is 30.3 Å². The second kappa shape index (κ2) is 9.30. The highest BCUT2D eigenvalue weighted by Gasteiger charge is 2.36. The number of aromatic carboxylic acids is 1. The fraction of sp³-hybridized carbons (Fsp3) is 0.0909. The van der Waals surface area contributed by atoms with Crippen molar-refractivity contribution in [2.45, 2.75) is 17.5 Å². The van der Waals surface area contributed by atoms with Crippen LogP contribution in [0.1, 0.15) is 27.5 Å². The lowest BCUT2D eigenvalue weighted by molar-refractivity contribution is -0.122. The van der Waals surface area contributed by atoms with Gasteiger partial charge in [0.2, 0.25) is 15.9 Å². The van der Waals surface area contributed by atoms with Crippen molar-refractivity contribution >= 4 is 33.5 Å². The fourth-order valence-electron chi connectivity index (χ4n) is 3.10. The zero-order valence-electron chi connectivity index (χ0n) is 16.2. The third-order valence-corrected chi connectivity index (χ3v) is 6.71. The summed E-state index contributed by atoms with van der Waals surface area (Å²) in [7, 11) is -4.18. The minimum absolute atomic E-state index is 0.0544. The summed E-state index contributed by atoms with van der Waals surface area (Å²) in [5.41, 5.74) is 6.60. The van der Waals surface area contributed by atoms with Gasteiger partial charge in [0.05, 0.1) is 10.5 Å². The molecule has 1 atom stereocenters. The van der Waals surface area contributed by atoms with Gasteiger partial charge < -0.3 is 10.8 Å². The van der Waals surface area contributed by atoms with E-state index < -0.39 is 27.9 Å². The summed E-state index contributed by atoms with van der Waals surface area (Å²) in [5.74, 6) is -1.94. The summed E-state index contributed by atoms with van der Waals surface area (Å²) in [6.45, 7) is -0.201. The molecule has 0 aliphatic carbocycles. The number of nitrogens with zero attached hydrogens (tertiary/aromatic N) is 1. The van der Waals surface area contributed by atoms with E-state index in [0.29, 0.717) is 16.1 Å². The average Bonchev–Trinajstić information content (AvgIpc) is 2.74. The van der Waals surface area contributed by atoms with Crippen molar-refractivity contribution in [1.82, 2.24) is 4.31 Å². The summed E-state index contributed by atoms with van der Waals surface area (Å²) in [4.78, 5) is 23.5. The molecule has 0 saturated carbocycles. The van der Waals surface area contributed by atoms with Crippen LogP contribution in [0.15, 0.2) is 83.8 Å². The van der Waals surface area contributed by atoms with Gasteiger partial charge >= 0.3 is 5.97 Å². The van der Waals surface area contributed by atoms with Crippen LogP contribution in [0.4, 0.5) is 0 Å². The van der Waals surface area contributed by atoms with Crippen molar-refractivity contribution < 1.29 is 23.1 Å². The van der Waals surface area contributed by atoms with E-state index >= 15 is 0 Å². The summed E-state index contributed by atoms with van der Waals surface area (Å²) in [6, 6.07) is 18.4. The summed E-state index contributed by atoms with van der Waals surface area (Å²) >= 11 is 5.89. The number of hydrogen-bond acceptors (Lipinski definition) is 4. The molecule has 3 N–H and O–H groups in total. The normalized spacial score (nSPS) is 12.5. The van der Waals surface area contributed by atoms with Gasteiger partial charge in [-0.3, -0.25) is 4.79 Å². The lowest BCUT2D eigenvalue weighted by Gasteiger charge is -2.29. The van der Waals surface area contributed by atoms with Gasteiger partial charge in [-0.05, 0) is 47.5 Å². The van der Waals surface area contributed by atoms with Crippen molar-refractivity contribution in [2.24, 2.45) is 5.73 Å². The monoisotopic (exact) mass is 458 g/mol. The van der Waals surface area contributed by atoms with E-state index in [1.807, 2.05) is 0 Å². The molecule has 0 saturated heterocycles. The van der Waals surface area contributed by atoms with Crippen LogP contribution in [0.3, 0.4) is 0 Å². The number of carbonyl (C=O) groups is 2. The van der Waals surface area contributed by atoms with E-state index in [-0.39, 0.29) is 17.0 Å². The maximum atomic E-state index is 13.5. The SMILES string of the molecule is NC(=O)C(c1ccccc1)N(Cc1ccc(C(=O)O)cc1)S(=O)(=O)c1ccc(Cl)cc1. The maximum Gasteiger partial charge on any atom is 0.335 e. The predicted octanol–water partition coefficient (Wildman–Crippen LogP) is 3.46. The van der Waals surface area contributed by atoms with E-state index in [0.717, 1.165) is 4.31 Å². The Hall–Kier alpha value is -3.20. The van der Waals surface area contributed by atoms with Gasteiger partial charge in [-0.1, -0.05) is 54.1 Å². The first kappa shape index (κ1) is 22.5. The van der Waals surface area contributed by atoms with E-state index in [2.05, 4.69) is 0 Å². The molecule has 1 unspecified atom stereocenters. The highest BCUT2D eigenvalue weighted by atomic mass is 35.5. The molecule has 0 spiro atoms. The minimum atomic E-state index is -4.18. The number of primary amides is 1. The Labute approximate surface area is 184 Å². The van der Waals surface area contributed by atoms with Gasteiger partial charge in [0.1, 0.15) is 6.04 Å². The van der Waals surface area contributed by atoms with Crippen LogP contribution in [-0.4, -0.2) is 29.7 Å². The average molecular weight is 459 g/mol. The van der Waals surface area contributed by atoms with Crippen molar-refractivity contribution in [3.63, 3.8) is 0 Å². The minimum Gasteiger partial charge on any atom is -0.478 e. The van der Waals surface area contributed by atoms with Gasteiger partial charge in [-0.15, -0.1) is 0 Å². The molecule has 9 heteroatoms. The zero-order chi connectivity index (χ0) is 22.6. The molecular formula is C22H19ClN2O5S. The van der Waals surface area contributed by atoms with Gasteiger partial charge in [-0.2, -0.15) is 4.31 Å². The zero-order valence-corrected chi connectivity index (χ0v) is 17.8. The third-order valence-electron chi connectivity index (χ3n) is 4.63. The number of hydrogen-bond donors (Lipinski definition) is 2. The number of sulfonamides is 1. The molecule has 160 valence electrons. The van der Waals surface area contributed by atoms with Crippen LogP contribution in [0.2, 0.25) is 5.02 Å². The quantitative estimate of drug-likeness (QED) is 0.536. The Balaban J connectivity index is 2.11. The lowest BCUT2D eigenvalue weighted by atomic mass is 10.1. The first-order valence-electron chi connectivity index (χ1n) is 9.14. The number of carboxylic acid groups (broad SMARTS) is 1. The third kappa shape index (κ3) is 5.11. The Bertz CT molecular complexity index is 1180. The van der Waals surface area contributed by atoms with Crippen molar-refractivity contribution in [2.75, 3.05) is 0 Å².